The van der Waals surface area contributed by atoms with Crippen molar-refractivity contribution in [3.63, 3.8) is 0 Å². The topological polar surface area (TPSA) is 29.1 Å². The Morgan fingerprint density at radius 1 is 1.29 bits per heavy atom. The van der Waals surface area contributed by atoms with E-state index < -0.39 is 10.8 Å². The molecule has 0 radical (unpaired) electrons. The molecule has 4 unspecified atom stereocenters. The van der Waals surface area contributed by atoms with Crippen LogP contribution in [0.5, 0.6) is 0 Å². The van der Waals surface area contributed by atoms with Crippen LogP contribution in [0.3, 0.4) is 0 Å². The maximum Gasteiger partial charge on any atom is 0.0579 e. The molecule has 0 amide bonds. The summed E-state index contributed by atoms with van der Waals surface area (Å²) in [5.41, 5.74) is 1.15. The van der Waals surface area contributed by atoms with E-state index in [2.05, 4.69) is 39.1 Å². The van der Waals surface area contributed by atoms with Crippen LogP contribution < -0.4 is 5.32 Å². The Bertz CT molecular complexity index is 486. The minimum absolute atomic E-state index is 0.243. The van der Waals surface area contributed by atoms with Crippen molar-refractivity contribution in [1.29, 1.82) is 0 Å². The second kappa shape index (κ2) is 7.55. The summed E-state index contributed by atoms with van der Waals surface area (Å²) in [6, 6.07) is 8.53. The molecule has 1 fully saturated rings. The van der Waals surface area contributed by atoms with E-state index in [4.69, 9.17) is 0 Å². The molecule has 1 N–H and O–H groups in total. The van der Waals surface area contributed by atoms with Crippen LogP contribution in [-0.4, -0.2) is 22.0 Å². The normalized spacial score (nSPS) is 27.8. The molecule has 0 heterocycles. The lowest BCUT2D eigenvalue weighted by Gasteiger charge is -2.37. The van der Waals surface area contributed by atoms with E-state index in [9.17, 15) is 4.21 Å². The van der Waals surface area contributed by atoms with Gasteiger partial charge in [-0.2, -0.15) is 0 Å². The first-order valence-electron chi connectivity index (χ1n) is 8.24. The van der Waals surface area contributed by atoms with Crippen LogP contribution in [0.25, 0.3) is 0 Å². The smallest absolute Gasteiger partial charge is 0.0579 e. The minimum Gasteiger partial charge on any atom is -0.313 e. The fraction of sp³-hybridized carbons (Fsp3) is 0.667. The molecule has 4 atom stereocenters. The number of hydrogen-bond acceptors (Lipinski definition) is 2. The van der Waals surface area contributed by atoms with Gasteiger partial charge in [0.25, 0.3) is 0 Å². The lowest BCUT2D eigenvalue weighted by Crippen LogP contribution is -2.47. The average molecular weight is 308 g/mol. The number of nitrogens with one attached hydrogen (secondary N) is 1. The van der Waals surface area contributed by atoms with Gasteiger partial charge in [-0.1, -0.05) is 39.0 Å². The van der Waals surface area contributed by atoms with Gasteiger partial charge in [-0.05, 0) is 56.2 Å². The number of rotatable bonds is 5. The molecule has 1 aromatic rings. The lowest BCUT2D eigenvalue weighted by molar-refractivity contribution is 0.245. The van der Waals surface area contributed by atoms with Crippen LogP contribution in [0, 0.1) is 18.8 Å². The summed E-state index contributed by atoms with van der Waals surface area (Å²) < 4.78 is 13.1. The minimum atomic E-state index is -0.913. The quantitative estimate of drug-likeness (QED) is 0.893. The van der Waals surface area contributed by atoms with Gasteiger partial charge in [-0.3, -0.25) is 4.21 Å². The predicted molar refractivity (Wildman–Crippen MR) is 91.0 cm³/mol. The SMILES string of the molecule is CCNC1CCC(C(C)C)CC1S(=O)c1ccccc1C. The monoisotopic (exact) mass is 307 g/mol. The first kappa shape index (κ1) is 16.7. The summed E-state index contributed by atoms with van der Waals surface area (Å²) in [4.78, 5) is 1.02. The highest BCUT2D eigenvalue weighted by molar-refractivity contribution is 7.85. The molecule has 3 heteroatoms. The van der Waals surface area contributed by atoms with E-state index in [0.29, 0.717) is 17.9 Å². The van der Waals surface area contributed by atoms with Crippen LogP contribution in [0.2, 0.25) is 0 Å². The standard InChI is InChI=1S/C18H29NOS/c1-5-19-16-11-10-15(13(2)3)12-18(16)21(20)17-9-7-6-8-14(17)4/h6-9,13,15-16,18-19H,5,10-12H2,1-4H3. The van der Waals surface area contributed by atoms with Crippen molar-refractivity contribution in [3.8, 4) is 0 Å². The Balaban J connectivity index is 2.22. The molecule has 0 aliphatic heterocycles. The molecular weight excluding hydrogens is 278 g/mol. The van der Waals surface area contributed by atoms with E-state index in [1.165, 1.54) is 6.42 Å². The van der Waals surface area contributed by atoms with Crippen LogP contribution in [0.15, 0.2) is 29.2 Å². The first-order valence-corrected chi connectivity index (χ1v) is 9.45. The molecule has 0 aromatic heterocycles. The molecule has 0 saturated heterocycles. The van der Waals surface area contributed by atoms with Crippen molar-refractivity contribution in [1.82, 2.24) is 5.32 Å². The molecule has 2 nitrogen and oxygen atoms in total. The summed E-state index contributed by atoms with van der Waals surface area (Å²) in [5, 5.41) is 3.81. The third kappa shape index (κ3) is 3.95. The zero-order valence-corrected chi connectivity index (χ0v) is 14.6. The number of aryl methyl sites for hydroxylation is 1. The summed E-state index contributed by atoms with van der Waals surface area (Å²) >= 11 is 0. The van der Waals surface area contributed by atoms with Crippen LogP contribution in [-0.2, 0) is 10.8 Å². The molecule has 1 aromatic carbocycles. The molecule has 118 valence electrons. The summed E-state index contributed by atoms with van der Waals surface area (Å²) in [6.45, 7) is 9.76. The van der Waals surface area contributed by atoms with Crippen LogP contribution >= 0.6 is 0 Å². The zero-order chi connectivity index (χ0) is 15.4. The lowest BCUT2D eigenvalue weighted by atomic mass is 9.79. The molecule has 21 heavy (non-hydrogen) atoms. The van der Waals surface area contributed by atoms with Crippen LogP contribution in [0.4, 0.5) is 0 Å². The predicted octanol–water partition coefficient (Wildman–Crippen LogP) is 3.91. The van der Waals surface area contributed by atoms with Gasteiger partial charge in [0.05, 0.1) is 16.0 Å². The second-order valence-electron chi connectivity index (χ2n) is 6.58. The second-order valence-corrected chi connectivity index (χ2v) is 8.22. The van der Waals surface area contributed by atoms with Gasteiger partial charge in [-0.15, -0.1) is 0 Å². The van der Waals surface area contributed by atoms with Gasteiger partial charge in [-0.25, -0.2) is 0 Å². The van der Waals surface area contributed by atoms with Crippen molar-refractivity contribution in [2.75, 3.05) is 6.54 Å². The van der Waals surface area contributed by atoms with Crippen molar-refractivity contribution in [2.45, 2.75) is 63.1 Å². The van der Waals surface area contributed by atoms with Gasteiger partial charge in [0, 0.05) is 10.9 Å². The van der Waals surface area contributed by atoms with Crippen LogP contribution in [0.1, 0.15) is 45.6 Å². The average Bonchev–Trinajstić information content (AvgIpc) is 2.47. The van der Waals surface area contributed by atoms with Gasteiger partial charge in [0.1, 0.15) is 0 Å². The Hall–Kier alpha value is -0.670. The third-order valence-corrected chi connectivity index (χ3v) is 6.79. The van der Waals surface area contributed by atoms with E-state index in [0.717, 1.165) is 29.8 Å². The molecule has 1 aliphatic rings. The Morgan fingerprint density at radius 2 is 2.00 bits per heavy atom. The zero-order valence-electron chi connectivity index (χ0n) is 13.8. The molecule has 0 spiro atoms. The van der Waals surface area contributed by atoms with Gasteiger partial charge in [0.2, 0.25) is 0 Å². The highest BCUT2D eigenvalue weighted by Crippen LogP contribution is 2.34. The molecule has 1 saturated carbocycles. The van der Waals surface area contributed by atoms with E-state index >= 15 is 0 Å². The van der Waals surface area contributed by atoms with E-state index in [-0.39, 0.29) is 5.25 Å². The Kier molecular flexibility index (Phi) is 6.00. The Morgan fingerprint density at radius 3 is 2.62 bits per heavy atom. The maximum atomic E-state index is 13.1. The van der Waals surface area contributed by atoms with E-state index in [1.54, 1.807) is 0 Å². The first-order chi connectivity index (χ1) is 10.0. The highest BCUT2D eigenvalue weighted by atomic mass is 32.2. The van der Waals surface area contributed by atoms with Crippen molar-refractivity contribution < 1.29 is 4.21 Å². The summed E-state index contributed by atoms with van der Waals surface area (Å²) in [7, 11) is -0.913. The highest BCUT2D eigenvalue weighted by Gasteiger charge is 2.35. The van der Waals surface area contributed by atoms with E-state index in [1.807, 2.05) is 18.2 Å². The number of benzene rings is 1. The van der Waals surface area contributed by atoms with Crippen molar-refractivity contribution in [3.05, 3.63) is 29.8 Å². The van der Waals surface area contributed by atoms with Gasteiger partial charge in [0.15, 0.2) is 0 Å². The summed E-state index contributed by atoms with van der Waals surface area (Å²) in [6.07, 6.45) is 3.49. The maximum absolute atomic E-state index is 13.1. The largest absolute Gasteiger partial charge is 0.313 e. The summed E-state index contributed by atoms with van der Waals surface area (Å²) in [5.74, 6) is 1.39. The number of hydrogen-bond donors (Lipinski definition) is 1. The van der Waals surface area contributed by atoms with Crippen molar-refractivity contribution >= 4 is 10.8 Å². The van der Waals surface area contributed by atoms with Gasteiger partial charge < -0.3 is 5.32 Å². The van der Waals surface area contributed by atoms with Crippen molar-refractivity contribution in [2.24, 2.45) is 11.8 Å². The van der Waals surface area contributed by atoms with Gasteiger partial charge >= 0.3 is 0 Å². The fourth-order valence-corrected chi connectivity index (χ4v) is 5.32. The molecule has 1 aliphatic carbocycles. The fourth-order valence-electron chi connectivity index (χ4n) is 3.44. The molecule has 0 bridgehead atoms. The Labute approximate surface area is 132 Å². The molecule has 2 rings (SSSR count). The third-order valence-electron chi connectivity index (χ3n) is 4.83. The molecular formula is C18H29NOS.